The van der Waals surface area contributed by atoms with Gasteiger partial charge in [0.1, 0.15) is 11.6 Å². The Labute approximate surface area is 120 Å². The van der Waals surface area contributed by atoms with E-state index in [1.54, 1.807) is 0 Å². The molecule has 1 aromatic rings. The molecular formula is C13H19BrF2N2O. The second kappa shape index (κ2) is 8.58. The Morgan fingerprint density at radius 3 is 2.74 bits per heavy atom. The minimum atomic E-state index is -0.574. The molecule has 0 saturated heterocycles. The molecule has 0 aliphatic heterocycles. The van der Waals surface area contributed by atoms with Crippen molar-refractivity contribution >= 4 is 15.9 Å². The van der Waals surface area contributed by atoms with E-state index in [0.29, 0.717) is 19.6 Å². The zero-order valence-electron chi connectivity index (χ0n) is 10.9. The Morgan fingerprint density at radius 1 is 1.37 bits per heavy atom. The third-order valence-electron chi connectivity index (χ3n) is 2.78. The Bertz CT molecular complexity index is 404. The van der Waals surface area contributed by atoms with Crippen LogP contribution in [0, 0.1) is 11.6 Å². The molecule has 0 spiro atoms. The van der Waals surface area contributed by atoms with Gasteiger partial charge in [0.25, 0.3) is 0 Å². The third-order valence-corrected chi connectivity index (χ3v) is 3.40. The second-order valence-corrected chi connectivity index (χ2v) is 5.14. The first kappa shape index (κ1) is 16.5. The van der Waals surface area contributed by atoms with Crippen molar-refractivity contribution in [1.82, 2.24) is 5.43 Å². The molecule has 6 heteroatoms. The fourth-order valence-corrected chi connectivity index (χ4v) is 2.09. The van der Waals surface area contributed by atoms with Crippen molar-refractivity contribution in [2.75, 3.05) is 13.2 Å². The van der Waals surface area contributed by atoms with Crippen LogP contribution in [0.4, 0.5) is 8.78 Å². The summed E-state index contributed by atoms with van der Waals surface area (Å²) in [6, 6.07) is 2.36. The van der Waals surface area contributed by atoms with Gasteiger partial charge in [-0.1, -0.05) is 6.92 Å². The van der Waals surface area contributed by atoms with Gasteiger partial charge in [-0.15, -0.1) is 0 Å². The normalized spacial score (nSPS) is 12.7. The van der Waals surface area contributed by atoms with Gasteiger partial charge in [0, 0.05) is 24.8 Å². The van der Waals surface area contributed by atoms with E-state index in [1.807, 2.05) is 6.92 Å². The molecule has 1 rings (SSSR count). The van der Waals surface area contributed by atoms with Crippen LogP contribution in [0.15, 0.2) is 16.6 Å². The van der Waals surface area contributed by atoms with Gasteiger partial charge >= 0.3 is 0 Å². The van der Waals surface area contributed by atoms with Crippen molar-refractivity contribution < 1.29 is 13.5 Å². The number of benzene rings is 1. The summed E-state index contributed by atoms with van der Waals surface area (Å²) in [6.07, 6.45) is 1.72. The van der Waals surface area contributed by atoms with Gasteiger partial charge in [0.05, 0.1) is 4.47 Å². The van der Waals surface area contributed by atoms with Crippen LogP contribution in [0.1, 0.15) is 25.3 Å². The molecule has 1 unspecified atom stereocenters. The first-order chi connectivity index (χ1) is 9.10. The number of nitrogens with one attached hydrogen (secondary N) is 1. The van der Waals surface area contributed by atoms with Crippen molar-refractivity contribution in [1.29, 1.82) is 0 Å². The lowest BCUT2D eigenvalue weighted by atomic mass is 10.0. The molecule has 3 nitrogen and oxygen atoms in total. The van der Waals surface area contributed by atoms with Crippen molar-refractivity contribution in [3.63, 3.8) is 0 Å². The average molecular weight is 337 g/mol. The minimum absolute atomic E-state index is 0.0350. The van der Waals surface area contributed by atoms with E-state index >= 15 is 0 Å². The van der Waals surface area contributed by atoms with E-state index in [-0.39, 0.29) is 22.5 Å². The minimum Gasteiger partial charge on any atom is -0.381 e. The summed E-state index contributed by atoms with van der Waals surface area (Å²) in [6.45, 7) is 3.21. The van der Waals surface area contributed by atoms with E-state index in [1.165, 1.54) is 12.1 Å². The molecule has 0 fully saturated rings. The molecule has 0 bridgehead atoms. The fourth-order valence-electron chi connectivity index (χ4n) is 1.72. The molecule has 0 saturated carbocycles. The summed E-state index contributed by atoms with van der Waals surface area (Å²) in [4.78, 5) is 0. The summed E-state index contributed by atoms with van der Waals surface area (Å²) in [5, 5.41) is 0. The Kier molecular flexibility index (Phi) is 7.45. The molecule has 0 amide bonds. The summed E-state index contributed by atoms with van der Waals surface area (Å²) >= 11 is 3.05. The molecule has 1 aromatic carbocycles. The van der Waals surface area contributed by atoms with Gasteiger partial charge < -0.3 is 4.74 Å². The van der Waals surface area contributed by atoms with Crippen molar-refractivity contribution in [2.45, 2.75) is 32.2 Å². The quantitative estimate of drug-likeness (QED) is 0.332. The van der Waals surface area contributed by atoms with E-state index in [4.69, 9.17) is 10.6 Å². The van der Waals surface area contributed by atoms with Crippen LogP contribution in [0.5, 0.6) is 0 Å². The highest BCUT2D eigenvalue weighted by Crippen LogP contribution is 2.23. The fraction of sp³-hybridized carbons (Fsp3) is 0.538. The topological polar surface area (TPSA) is 47.3 Å². The Morgan fingerprint density at radius 2 is 2.11 bits per heavy atom. The maximum absolute atomic E-state index is 13.8. The van der Waals surface area contributed by atoms with Gasteiger partial charge in [-0.25, -0.2) is 8.78 Å². The molecule has 0 aromatic heterocycles. The van der Waals surface area contributed by atoms with Gasteiger partial charge in [-0.05, 0) is 47.3 Å². The number of hydrazine groups is 1. The maximum Gasteiger partial charge on any atom is 0.143 e. The molecule has 108 valence electrons. The van der Waals surface area contributed by atoms with Crippen molar-refractivity contribution in [3.8, 4) is 0 Å². The average Bonchev–Trinajstić information content (AvgIpc) is 2.41. The zero-order valence-corrected chi connectivity index (χ0v) is 12.5. The van der Waals surface area contributed by atoms with Crippen LogP contribution in [-0.2, 0) is 11.2 Å². The lowest BCUT2D eigenvalue weighted by molar-refractivity contribution is 0.124. The monoisotopic (exact) mass is 336 g/mol. The standard InChI is InChI=1S/C13H19BrF2N2O/c1-2-6-19-7-5-9(18-17)8-10-12(15)4-3-11(14)13(10)16/h3-4,9,18H,2,5-8,17H2,1H3. The second-order valence-electron chi connectivity index (χ2n) is 4.29. The lowest BCUT2D eigenvalue weighted by Crippen LogP contribution is -2.38. The highest BCUT2D eigenvalue weighted by atomic mass is 79.9. The first-order valence-corrected chi connectivity index (χ1v) is 7.05. The SMILES string of the molecule is CCCOCCC(Cc1c(F)ccc(Br)c1F)NN. The summed E-state index contributed by atoms with van der Waals surface area (Å²) in [7, 11) is 0. The van der Waals surface area contributed by atoms with Gasteiger partial charge in [0.15, 0.2) is 0 Å². The molecular weight excluding hydrogens is 318 g/mol. The van der Waals surface area contributed by atoms with Gasteiger partial charge in [0.2, 0.25) is 0 Å². The van der Waals surface area contributed by atoms with E-state index < -0.39 is 11.6 Å². The highest BCUT2D eigenvalue weighted by molar-refractivity contribution is 9.10. The predicted molar refractivity (Wildman–Crippen MR) is 74.6 cm³/mol. The van der Waals surface area contributed by atoms with Crippen LogP contribution in [0.25, 0.3) is 0 Å². The predicted octanol–water partition coefficient (Wildman–Crippen LogP) is 2.92. The maximum atomic E-state index is 13.8. The van der Waals surface area contributed by atoms with Crippen LogP contribution in [0.3, 0.4) is 0 Å². The number of hydrogen-bond donors (Lipinski definition) is 2. The van der Waals surface area contributed by atoms with Crippen molar-refractivity contribution in [3.05, 3.63) is 33.8 Å². The smallest absolute Gasteiger partial charge is 0.143 e. The molecule has 3 N–H and O–H groups in total. The third kappa shape index (κ3) is 5.14. The van der Waals surface area contributed by atoms with E-state index in [9.17, 15) is 8.78 Å². The number of halogens is 3. The molecule has 0 aliphatic rings. The van der Waals surface area contributed by atoms with Crippen LogP contribution in [-0.4, -0.2) is 19.3 Å². The molecule has 1 atom stereocenters. The largest absolute Gasteiger partial charge is 0.381 e. The number of nitrogens with two attached hydrogens (primary N) is 1. The van der Waals surface area contributed by atoms with Crippen LogP contribution >= 0.6 is 15.9 Å². The molecule has 0 radical (unpaired) electrons. The van der Waals surface area contributed by atoms with E-state index in [0.717, 1.165) is 6.42 Å². The van der Waals surface area contributed by atoms with E-state index in [2.05, 4.69) is 21.4 Å². The summed E-state index contributed by atoms with van der Waals surface area (Å²) < 4.78 is 33.0. The molecule has 19 heavy (non-hydrogen) atoms. The highest BCUT2D eigenvalue weighted by Gasteiger charge is 2.17. The molecule has 0 aliphatic carbocycles. The summed E-state index contributed by atoms with van der Waals surface area (Å²) in [5.74, 6) is 4.28. The van der Waals surface area contributed by atoms with Crippen molar-refractivity contribution in [2.24, 2.45) is 5.84 Å². The molecule has 0 heterocycles. The van der Waals surface area contributed by atoms with Gasteiger partial charge in [-0.2, -0.15) is 0 Å². The lowest BCUT2D eigenvalue weighted by Gasteiger charge is -2.17. The Hall–Kier alpha value is -0.560. The first-order valence-electron chi connectivity index (χ1n) is 6.26. The van der Waals surface area contributed by atoms with Gasteiger partial charge in [-0.3, -0.25) is 11.3 Å². The Balaban J connectivity index is 2.63. The van der Waals surface area contributed by atoms with Crippen LogP contribution < -0.4 is 11.3 Å². The summed E-state index contributed by atoms with van der Waals surface area (Å²) in [5.41, 5.74) is 2.61. The number of hydrogen-bond acceptors (Lipinski definition) is 3. The number of rotatable bonds is 8. The zero-order chi connectivity index (χ0) is 14.3. The van der Waals surface area contributed by atoms with Crippen LogP contribution in [0.2, 0.25) is 0 Å². The number of ether oxygens (including phenoxy) is 1.